The molecule has 0 aromatic heterocycles. The molecule has 3 rings (SSSR count). The van der Waals surface area contributed by atoms with Crippen molar-refractivity contribution in [1.82, 2.24) is 0 Å². The SMILES string of the molecule is C[NH+](C)CCCOC1CC(c2ccccc2)Oc2ccccc21.[Cl-]. The third-order valence-electron chi connectivity index (χ3n) is 4.27. The molecule has 24 heavy (non-hydrogen) atoms. The van der Waals surface area contributed by atoms with Crippen LogP contribution in [-0.4, -0.2) is 27.2 Å². The van der Waals surface area contributed by atoms with Crippen molar-refractivity contribution in [3.8, 4) is 5.75 Å². The van der Waals surface area contributed by atoms with E-state index in [1.54, 1.807) is 0 Å². The van der Waals surface area contributed by atoms with Gasteiger partial charge in [-0.1, -0.05) is 48.5 Å². The number of hydrogen-bond donors (Lipinski definition) is 1. The molecule has 2 aromatic rings. The summed E-state index contributed by atoms with van der Waals surface area (Å²) < 4.78 is 12.4. The van der Waals surface area contributed by atoms with Crippen LogP contribution in [0.5, 0.6) is 5.75 Å². The summed E-state index contributed by atoms with van der Waals surface area (Å²) in [7, 11) is 4.35. The minimum absolute atomic E-state index is 0. The monoisotopic (exact) mass is 347 g/mol. The summed E-state index contributed by atoms with van der Waals surface area (Å²) in [6.07, 6.45) is 2.13. The molecule has 0 aliphatic carbocycles. The Balaban J connectivity index is 0.00000208. The molecule has 0 spiro atoms. The van der Waals surface area contributed by atoms with Crippen LogP contribution in [0, 0.1) is 0 Å². The number of rotatable bonds is 6. The molecule has 0 saturated heterocycles. The molecule has 0 saturated carbocycles. The molecule has 0 fully saturated rings. The van der Waals surface area contributed by atoms with Gasteiger partial charge in [0.2, 0.25) is 0 Å². The van der Waals surface area contributed by atoms with Gasteiger partial charge in [-0.05, 0) is 11.6 Å². The highest BCUT2D eigenvalue weighted by Gasteiger charge is 2.29. The third kappa shape index (κ3) is 4.73. The normalized spacial score (nSPS) is 19.3. The van der Waals surface area contributed by atoms with Crippen molar-refractivity contribution in [1.29, 1.82) is 0 Å². The Bertz CT molecular complexity index is 618. The van der Waals surface area contributed by atoms with Crippen molar-refractivity contribution >= 4 is 0 Å². The fourth-order valence-corrected chi connectivity index (χ4v) is 3.06. The Morgan fingerprint density at radius 3 is 2.50 bits per heavy atom. The van der Waals surface area contributed by atoms with Gasteiger partial charge < -0.3 is 26.8 Å². The molecule has 130 valence electrons. The highest BCUT2D eigenvalue weighted by molar-refractivity contribution is 5.38. The maximum absolute atomic E-state index is 6.22. The summed E-state index contributed by atoms with van der Waals surface area (Å²) in [5.41, 5.74) is 2.39. The molecule has 1 aliphatic rings. The molecule has 4 heteroatoms. The predicted octanol–water partition coefficient (Wildman–Crippen LogP) is -0.193. The topological polar surface area (TPSA) is 22.9 Å². The first-order valence-electron chi connectivity index (χ1n) is 8.45. The van der Waals surface area contributed by atoms with Gasteiger partial charge in [0.15, 0.2) is 0 Å². The molecular weight excluding hydrogens is 322 g/mol. The number of quaternary nitrogens is 1. The Morgan fingerprint density at radius 1 is 1.04 bits per heavy atom. The highest BCUT2D eigenvalue weighted by atomic mass is 35.5. The minimum atomic E-state index is 0. The molecule has 1 N–H and O–H groups in total. The van der Waals surface area contributed by atoms with Crippen LogP contribution in [0.2, 0.25) is 0 Å². The van der Waals surface area contributed by atoms with Gasteiger partial charge in [0.05, 0.1) is 33.4 Å². The van der Waals surface area contributed by atoms with E-state index in [1.165, 1.54) is 16.0 Å². The average molecular weight is 348 g/mol. The number of para-hydroxylation sites is 1. The molecule has 0 amide bonds. The summed E-state index contributed by atoms with van der Waals surface area (Å²) in [5, 5.41) is 0. The average Bonchev–Trinajstić information content (AvgIpc) is 2.59. The van der Waals surface area contributed by atoms with Crippen LogP contribution in [0.25, 0.3) is 0 Å². The molecule has 3 nitrogen and oxygen atoms in total. The Kier molecular flexibility index (Phi) is 7.10. The largest absolute Gasteiger partial charge is 1.00 e. The van der Waals surface area contributed by atoms with E-state index < -0.39 is 0 Å². The second-order valence-electron chi connectivity index (χ2n) is 6.46. The fourth-order valence-electron chi connectivity index (χ4n) is 3.06. The van der Waals surface area contributed by atoms with Crippen LogP contribution in [0.4, 0.5) is 0 Å². The standard InChI is InChI=1S/C20H25NO2.ClH/c1-21(2)13-8-14-22-20-15-19(16-9-4-3-5-10-16)23-18-12-7-6-11-17(18)20;/h3-7,9-12,19-20H,8,13-15H2,1-2H3;1H. The van der Waals surface area contributed by atoms with Crippen molar-refractivity contribution in [2.24, 2.45) is 0 Å². The van der Waals surface area contributed by atoms with Gasteiger partial charge in [0.25, 0.3) is 0 Å². The van der Waals surface area contributed by atoms with Gasteiger partial charge in [0.1, 0.15) is 11.9 Å². The molecule has 1 aliphatic heterocycles. The molecule has 2 atom stereocenters. The van der Waals surface area contributed by atoms with Gasteiger partial charge in [0, 0.05) is 18.4 Å². The van der Waals surface area contributed by atoms with Gasteiger partial charge in [-0.15, -0.1) is 0 Å². The maximum atomic E-state index is 6.22. The highest BCUT2D eigenvalue weighted by Crippen LogP contribution is 2.42. The number of fused-ring (bicyclic) bond motifs is 1. The van der Waals surface area contributed by atoms with Gasteiger partial charge in [-0.3, -0.25) is 0 Å². The lowest BCUT2D eigenvalue weighted by atomic mass is 9.95. The van der Waals surface area contributed by atoms with Crippen molar-refractivity contribution in [2.75, 3.05) is 27.2 Å². The van der Waals surface area contributed by atoms with Crippen LogP contribution < -0.4 is 22.0 Å². The summed E-state index contributed by atoms with van der Waals surface area (Å²) in [6.45, 7) is 1.93. The number of benzene rings is 2. The van der Waals surface area contributed by atoms with Crippen LogP contribution in [0.1, 0.15) is 36.2 Å². The molecule has 2 aromatic carbocycles. The zero-order valence-corrected chi connectivity index (χ0v) is 15.1. The molecule has 0 bridgehead atoms. The second-order valence-corrected chi connectivity index (χ2v) is 6.46. The second kappa shape index (κ2) is 9.07. The van der Waals surface area contributed by atoms with E-state index in [1.807, 2.05) is 18.2 Å². The van der Waals surface area contributed by atoms with E-state index in [4.69, 9.17) is 9.47 Å². The number of ether oxygens (including phenoxy) is 2. The lowest BCUT2D eigenvalue weighted by Gasteiger charge is -2.32. The first kappa shape index (κ1) is 18.8. The Morgan fingerprint density at radius 2 is 1.75 bits per heavy atom. The lowest BCUT2D eigenvalue weighted by molar-refractivity contribution is -0.858. The van der Waals surface area contributed by atoms with Crippen molar-refractivity contribution in [2.45, 2.75) is 25.0 Å². The van der Waals surface area contributed by atoms with E-state index in [2.05, 4.69) is 50.5 Å². The zero-order chi connectivity index (χ0) is 16.1. The predicted molar refractivity (Wildman–Crippen MR) is 91.9 cm³/mol. The fraction of sp³-hybridized carbons (Fsp3) is 0.400. The third-order valence-corrected chi connectivity index (χ3v) is 4.27. The lowest BCUT2D eigenvalue weighted by Crippen LogP contribution is -3.05. The number of halogens is 1. The van der Waals surface area contributed by atoms with Crippen LogP contribution in [0.3, 0.4) is 0 Å². The zero-order valence-electron chi connectivity index (χ0n) is 14.4. The summed E-state index contributed by atoms with van der Waals surface area (Å²) >= 11 is 0. The molecule has 2 unspecified atom stereocenters. The quantitative estimate of drug-likeness (QED) is 0.732. The Hall–Kier alpha value is -1.55. The number of nitrogens with one attached hydrogen (secondary N) is 1. The van der Waals surface area contributed by atoms with Gasteiger partial charge in [-0.25, -0.2) is 0 Å². The number of hydrogen-bond acceptors (Lipinski definition) is 2. The summed E-state index contributed by atoms with van der Waals surface area (Å²) in [6, 6.07) is 18.7. The van der Waals surface area contributed by atoms with E-state index in [9.17, 15) is 0 Å². The van der Waals surface area contributed by atoms with Gasteiger partial charge in [-0.2, -0.15) is 0 Å². The first-order valence-corrected chi connectivity index (χ1v) is 8.45. The molecule has 0 radical (unpaired) electrons. The maximum Gasteiger partial charge on any atom is 0.127 e. The van der Waals surface area contributed by atoms with Crippen LogP contribution in [0.15, 0.2) is 54.6 Å². The van der Waals surface area contributed by atoms with E-state index in [0.717, 1.165) is 31.7 Å². The van der Waals surface area contributed by atoms with Crippen molar-refractivity contribution in [3.05, 3.63) is 65.7 Å². The van der Waals surface area contributed by atoms with Crippen LogP contribution in [-0.2, 0) is 4.74 Å². The van der Waals surface area contributed by atoms with E-state index in [0.29, 0.717) is 0 Å². The van der Waals surface area contributed by atoms with E-state index in [-0.39, 0.29) is 24.6 Å². The molecular formula is C20H26ClNO2. The first-order chi connectivity index (χ1) is 11.2. The van der Waals surface area contributed by atoms with E-state index >= 15 is 0 Å². The summed E-state index contributed by atoms with van der Waals surface area (Å²) in [5.74, 6) is 0.954. The van der Waals surface area contributed by atoms with Crippen molar-refractivity contribution in [3.63, 3.8) is 0 Å². The van der Waals surface area contributed by atoms with Crippen LogP contribution >= 0.6 is 0 Å². The molecule has 1 heterocycles. The Labute approximate surface area is 151 Å². The summed E-state index contributed by atoms with van der Waals surface area (Å²) in [4.78, 5) is 1.46. The van der Waals surface area contributed by atoms with Crippen molar-refractivity contribution < 1.29 is 26.8 Å². The van der Waals surface area contributed by atoms with Gasteiger partial charge >= 0.3 is 0 Å². The smallest absolute Gasteiger partial charge is 0.127 e. The minimum Gasteiger partial charge on any atom is -1.00 e.